The normalized spacial score (nSPS) is 25.5. The predicted molar refractivity (Wildman–Crippen MR) is 103 cm³/mol. The Balaban J connectivity index is 2.04. The van der Waals surface area contributed by atoms with Crippen LogP contribution in [0.2, 0.25) is 0 Å². The standard InChI is InChI=1S/C21H30O3S/c1-6-7-10-21(2,3)13-11-16-18(17(12-13)25-5)19-15(23-4)9-8-14(22)20(19)24-16/h11-12,15,19-20H,6-10H2,1-5H3. The van der Waals surface area contributed by atoms with E-state index in [1.165, 1.54) is 28.9 Å². The Bertz CT molecular complexity index is 653. The number of carbonyl (C=O) groups excluding carboxylic acids is 1. The Morgan fingerprint density at radius 2 is 2.12 bits per heavy atom. The van der Waals surface area contributed by atoms with Crippen LogP contribution in [-0.2, 0) is 14.9 Å². The zero-order valence-electron chi connectivity index (χ0n) is 16.1. The topological polar surface area (TPSA) is 35.5 Å². The number of Topliss-reactive ketones (excluding diaryl/α,β-unsaturated/α-hetero) is 1. The molecule has 1 saturated carbocycles. The number of benzene rings is 1. The fraction of sp³-hybridized carbons (Fsp3) is 0.667. The number of fused-ring (bicyclic) bond motifs is 3. The molecule has 0 N–H and O–H groups in total. The van der Waals surface area contributed by atoms with E-state index in [0.29, 0.717) is 6.42 Å². The van der Waals surface area contributed by atoms with E-state index >= 15 is 0 Å². The van der Waals surface area contributed by atoms with Gasteiger partial charge < -0.3 is 9.47 Å². The second kappa shape index (κ2) is 7.32. The van der Waals surface area contributed by atoms with Crippen molar-refractivity contribution in [2.75, 3.05) is 13.4 Å². The molecule has 3 rings (SSSR count). The van der Waals surface area contributed by atoms with Crippen LogP contribution in [-0.4, -0.2) is 31.4 Å². The summed E-state index contributed by atoms with van der Waals surface area (Å²) in [6.07, 6.45) is 6.72. The van der Waals surface area contributed by atoms with Crippen molar-refractivity contribution < 1.29 is 14.3 Å². The lowest BCUT2D eigenvalue weighted by Gasteiger charge is -2.31. The summed E-state index contributed by atoms with van der Waals surface area (Å²) in [5.41, 5.74) is 2.61. The van der Waals surface area contributed by atoms with E-state index in [4.69, 9.17) is 9.47 Å². The first-order valence-electron chi connectivity index (χ1n) is 9.37. The van der Waals surface area contributed by atoms with Gasteiger partial charge in [0, 0.05) is 24.0 Å². The maximum atomic E-state index is 12.4. The Labute approximate surface area is 155 Å². The van der Waals surface area contributed by atoms with Gasteiger partial charge in [0.2, 0.25) is 0 Å². The fourth-order valence-electron chi connectivity index (χ4n) is 4.23. The maximum absolute atomic E-state index is 12.4. The highest BCUT2D eigenvalue weighted by molar-refractivity contribution is 7.98. The zero-order chi connectivity index (χ0) is 18.2. The van der Waals surface area contributed by atoms with Crippen molar-refractivity contribution in [1.82, 2.24) is 0 Å². The molecule has 0 aromatic heterocycles. The van der Waals surface area contributed by atoms with Gasteiger partial charge in [-0.25, -0.2) is 0 Å². The molecule has 138 valence electrons. The monoisotopic (exact) mass is 362 g/mol. The molecule has 3 atom stereocenters. The molecule has 2 aliphatic rings. The van der Waals surface area contributed by atoms with Crippen molar-refractivity contribution in [2.24, 2.45) is 0 Å². The van der Waals surface area contributed by atoms with E-state index in [9.17, 15) is 4.79 Å². The van der Waals surface area contributed by atoms with Crippen LogP contribution in [0.15, 0.2) is 17.0 Å². The molecule has 3 unspecified atom stereocenters. The highest BCUT2D eigenvalue weighted by Crippen LogP contribution is 2.50. The third-order valence-corrected chi connectivity index (χ3v) is 6.65. The lowest BCUT2D eigenvalue weighted by molar-refractivity contribution is -0.131. The lowest BCUT2D eigenvalue weighted by Crippen LogP contribution is -2.41. The van der Waals surface area contributed by atoms with Crippen molar-refractivity contribution >= 4 is 17.5 Å². The third-order valence-electron chi connectivity index (χ3n) is 5.87. The van der Waals surface area contributed by atoms with Crippen molar-refractivity contribution in [3.63, 3.8) is 0 Å². The molecule has 1 fully saturated rings. The molecule has 0 bridgehead atoms. The predicted octanol–water partition coefficient (Wildman–Crippen LogP) is 5.10. The maximum Gasteiger partial charge on any atom is 0.174 e. The third kappa shape index (κ3) is 3.35. The van der Waals surface area contributed by atoms with Gasteiger partial charge in [0.1, 0.15) is 5.75 Å². The summed E-state index contributed by atoms with van der Waals surface area (Å²) >= 11 is 1.75. The minimum Gasteiger partial charge on any atom is -0.482 e. The van der Waals surface area contributed by atoms with Crippen LogP contribution >= 0.6 is 11.8 Å². The van der Waals surface area contributed by atoms with Gasteiger partial charge in [-0.15, -0.1) is 11.8 Å². The fourth-order valence-corrected chi connectivity index (χ4v) is 4.93. The molecule has 0 amide bonds. The molecule has 1 aromatic carbocycles. The summed E-state index contributed by atoms with van der Waals surface area (Å²) in [6.45, 7) is 6.84. The average molecular weight is 363 g/mol. The number of hydrogen-bond donors (Lipinski definition) is 0. The summed E-state index contributed by atoms with van der Waals surface area (Å²) in [4.78, 5) is 13.7. The molecule has 1 aliphatic carbocycles. The van der Waals surface area contributed by atoms with E-state index in [2.05, 4.69) is 39.2 Å². The van der Waals surface area contributed by atoms with Crippen molar-refractivity contribution in [1.29, 1.82) is 0 Å². The van der Waals surface area contributed by atoms with E-state index < -0.39 is 0 Å². The van der Waals surface area contributed by atoms with Crippen LogP contribution in [0.1, 0.15) is 69.9 Å². The highest BCUT2D eigenvalue weighted by atomic mass is 32.2. The first-order valence-corrected chi connectivity index (χ1v) is 10.6. The summed E-state index contributed by atoms with van der Waals surface area (Å²) in [6, 6.07) is 4.50. The van der Waals surface area contributed by atoms with E-state index in [-0.39, 0.29) is 29.3 Å². The Hall–Kier alpha value is -1.00. The Morgan fingerprint density at radius 1 is 1.36 bits per heavy atom. The highest BCUT2D eigenvalue weighted by Gasteiger charge is 2.48. The van der Waals surface area contributed by atoms with Gasteiger partial charge in [-0.3, -0.25) is 4.79 Å². The van der Waals surface area contributed by atoms with Crippen LogP contribution < -0.4 is 4.74 Å². The van der Waals surface area contributed by atoms with Crippen LogP contribution in [0.5, 0.6) is 5.75 Å². The molecule has 0 spiro atoms. The van der Waals surface area contributed by atoms with Crippen molar-refractivity contribution in [2.45, 2.75) is 81.3 Å². The van der Waals surface area contributed by atoms with Gasteiger partial charge in [-0.05, 0) is 42.2 Å². The second-order valence-corrected chi connectivity index (χ2v) is 8.77. The first kappa shape index (κ1) is 18.8. The van der Waals surface area contributed by atoms with Crippen molar-refractivity contribution in [3.05, 3.63) is 23.3 Å². The SMILES string of the molecule is CCCCC(C)(C)c1cc2c(c(SC)c1)C1C(OC)CCC(=O)C1O2. The van der Waals surface area contributed by atoms with Crippen LogP contribution in [0, 0.1) is 0 Å². The second-order valence-electron chi connectivity index (χ2n) is 7.92. The molecule has 0 saturated heterocycles. The van der Waals surface area contributed by atoms with Crippen LogP contribution in [0.25, 0.3) is 0 Å². The van der Waals surface area contributed by atoms with Gasteiger partial charge in [-0.1, -0.05) is 33.6 Å². The number of unbranched alkanes of at least 4 members (excludes halogenated alkanes) is 1. The minimum absolute atomic E-state index is 0.0384. The van der Waals surface area contributed by atoms with E-state index in [0.717, 1.165) is 18.6 Å². The molecule has 25 heavy (non-hydrogen) atoms. The quantitative estimate of drug-likeness (QED) is 0.660. The van der Waals surface area contributed by atoms with Gasteiger partial charge in [0.25, 0.3) is 0 Å². The molecular weight excluding hydrogens is 332 g/mol. The van der Waals surface area contributed by atoms with Crippen molar-refractivity contribution in [3.8, 4) is 5.75 Å². The lowest BCUT2D eigenvalue weighted by atomic mass is 9.77. The van der Waals surface area contributed by atoms with Gasteiger partial charge in [0.05, 0.1) is 12.0 Å². The molecule has 1 heterocycles. The summed E-state index contributed by atoms with van der Waals surface area (Å²) in [7, 11) is 1.75. The molecule has 0 radical (unpaired) electrons. The smallest absolute Gasteiger partial charge is 0.174 e. The summed E-state index contributed by atoms with van der Waals surface area (Å²) in [5, 5.41) is 0. The first-order chi connectivity index (χ1) is 11.9. The van der Waals surface area contributed by atoms with Gasteiger partial charge >= 0.3 is 0 Å². The van der Waals surface area contributed by atoms with Gasteiger partial charge in [0.15, 0.2) is 11.9 Å². The number of methoxy groups -OCH3 is 1. The number of carbonyl (C=O) groups is 1. The van der Waals surface area contributed by atoms with E-state index in [1.54, 1.807) is 18.9 Å². The Kier molecular flexibility index (Phi) is 5.50. The van der Waals surface area contributed by atoms with Crippen LogP contribution in [0.3, 0.4) is 0 Å². The van der Waals surface area contributed by atoms with E-state index in [1.807, 2.05) is 0 Å². The van der Waals surface area contributed by atoms with Crippen LogP contribution in [0.4, 0.5) is 0 Å². The molecule has 1 aliphatic heterocycles. The molecule has 3 nitrogen and oxygen atoms in total. The number of thioether (sulfide) groups is 1. The zero-order valence-corrected chi connectivity index (χ0v) is 16.9. The number of ether oxygens (including phenoxy) is 2. The van der Waals surface area contributed by atoms with Gasteiger partial charge in [-0.2, -0.15) is 0 Å². The molecule has 1 aromatic rings. The number of ketones is 1. The average Bonchev–Trinajstić information content (AvgIpc) is 3.00. The number of hydrogen-bond acceptors (Lipinski definition) is 4. The Morgan fingerprint density at radius 3 is 2.76 bits per heavy atom. The largest absolute Gasteiger partial charge is 0.482 e. The minimum atomic E-state index is -0.367. The molecule has 4 heteroatoms. The summed E-state index contributed by atoms with van der Waals surface area (Å²) in [5.74, 6) is 1.16. The number of rotatable bonds is 6. The molecular formula is C21H30O3S. The summed E-state index contributed by atoms with van der Waals surface area (Å²) < 4.78 is 11.9.